The summed E-state index contributed by atoms with van der Waals surface area (Å²) in [7, 11) is 0. The van der Waals surface area contributed by atoms with Crippen LogP contribution in [-0.4, -0.2) is 34.8 Å². The fraction of sp³-hybridized carbons (Fsp3) is 0.316. The minimum Gasteiger partial charge on any atom is -0.365 e. The Morgan fingerprint density at radius 3 is 2.65 bits per heavy atom. The Labute approximate surface area is 156 Å². The van der Waals surface area contributed by atoms with Crippen LogP contribution in [0, 0.1) is 0 Å². The van der Waals surface area contributed by atoms with Crippen LogP contribution in [0.1, 0.15) is 24.0 Å². The van der Waals surface area contributed by atoms with Gasteiger partial charge in [0.05, 0.1) is 17.2 Å². The monoisotopic (exact) mass is 371 g/mol. The van der Waals surface area contributed by atoms with Gasteiger partial charge in [-0.1, -0.05) is 35.9 Å². The van der Waals surface area contributed by atoms with E-state index in [2.05, 4.69) is 22.4 Å². The molecule has 2 aromatic rings. The van der Waals surface area contributed by atoms with Crippen molar-refractivity contribution < 1.29 is 14.3 Å². The van der Waals surface area contributed by atoms with Gasteiger partial charge in [-0.25, -0.2) is 4.98 Å². The normalized spacial score (nSPS) is 17.8. The van der Waals surface area contributed by atoms with Crippen molar-refractivity contribution in [3.63, 3.8) is 0 Å². The third-order valence-electron chi connectivity index (χ3n) is 5.03. The van der Waals surface area contributed by atoms with E-state index in [0.29, 0.717) is 43.4 Å². The van der Waals surface area contributed by atoms with E-state index in [4.69, 9.17) is 16.3 Å². The van der Waals surface area contributed by atoms with E-state index >= 15 is 0 Å². The van der Waals surface area contributed by atoms with Crippen LogP contribution in [0.3, 0.4) is 0 Å². The van der Waals surface area contributed by atoms with Crippen molar-refractivity contribution in [2.45, 2.75) is 25.0 Å². The maximum absolute atomic E-state index is 12.4. The maximum atomic E-state index is 12.4. The zero-order valence-corrected chi connectivity index (χ0v) is 14.8. The lowest BCUT2D eigenvalue weighted by Gasteiger charge is -2.39. The van der Waals surface area contributed by atoms with Crippen LogP contribution in [0.2, 0.25) is 5.02 Å². The van der Waals surface area contributed by atoms with E-state index < -0.39 is 11.8 Å². The highest BCUT2D eigenvalue weighted by atomic mass is 35.5. The molecule has 0 saturated carbocycles. The molecule has 1 aromatic carbocycles. The van der Waals surface area contributed by atoms with Gasteiger partial charge in [-0.15, -0.1) is 0 Å². The quantitative estimate of drug-likeness (QED) is 0.782. The molecular formula is C19H18ClN3O3. The number of hydrogen-bond donors (Lipinski definition) is 1. The molecule has 2 aliphatic rings. The van der Waals surface area contributed by atoms with Crippen LogP contribution < -0.4 is 5.32 Å². The molecule has 0 bridgehead atoms. The van der Waals surface area contributed by atoms with Gasteiger partial charge in [0.1, 0.15) is 5.82 Å². The number of carbonyl (C=O) groups excluding carboxylic acids is 2. The van der Waals surface area contributed by atoms with Gasteiger partial charge in [-0.3, -0.25) is 9.59 Å². The van der Waals surface area contributed by atoms with Gasteiger partial charge < -0.3 is 15.0 Å². The van der Waals surface area contributed by atoms with Crippen molar-refractivity contribution in [3.8, 4) is 0 Å². The van der Waals surface area contributed by atoms with Crippen molar-refractivity contribution in [1.29, 1.82) is 0 Å². The molecule has 2 amide bonds. The molecule has 3 heterocycles. The molecule has 1 spiro atoms. The summed E-state index contributed by atoms with van der Waals surface area (Å²) in [5.41, 5.74) is 2.09. The fourth-order valence-electron chi connectivity index (χ4n) is 3.63. The van der Waals surface area contributed by atoms with Crippen molar-refractivity contribution in [2.24, 2.45) is 0 Å². The van der Waals surface area contributed by atoms with Gasteiger partial charge in [0, 0.05) is 19.3 Å². The summed E-state index contributed by atoms with van der Waals surface area (Å²) in [6.45, 7) is 1.57. The highest BCUT2D eigenvalue weighted by Gasteiger charge is 2.43. The summed E-state index contributed by atoms with van der Waals surface area (Å²) in [5.74, 6) is -0.944. The number of carbonyl (C=O) groups is 2. The first-order valence-electron chi connectivity index (χ1n) is 8.52. The Hall–Kier alpha value is -2.44. The zero-order chi connectivity index (χ0) is 18.1. The summed E-state index contributed by atoms with van der Waals surface area (Å²) in [6, 6.07) is 11.4. The minimum absolute atomic E-state index is 0.300. The number of hydrogen-bond acceptors (Lipinski definition) is 4. The van der Waals surface area contributed by atoms with Crippen LogP contribution in [0.15, 0.2) is 42.6 Å². The summed E-state index contributed by atoms with van der Waals surface area (Å²) in [5, 5.41) is 2.98. The average Bonchev–Trinajstić information content (AvgIpc) is 3.02. The molecular weight excluding hydrogens is 354 g/mol. The number of amides is 2. The van der Waals surface area contributed by atoms with Crippen LogP contribution in [0.4, 0.5) is 5.82 Å². The Morgan fingerprint density at radius 1 is 1.15 bits per heavy atom. The predicted molar refractivity (Wildman–Crippen MR) is 96.6 cm³/mol. The summed E-state index contributed by atoms with van der Waals surface area (Å²) in [6.07, 6.45) is 2.78. The molecule has 4 rings (SSSR count). The van der Waals surface area contributed by atoms with Gasteiger partial charge in [-0.2, -0.15) is 0 Å². The maximum Gasteiger partial charge on any atom is 0.315 e. The number of rotatable bonds is 1. The number of piperidine rings is 1. The number of pyridine rings is 1. The first-order valence-corrected chi connectivity index (χ1v) is 8.89. The Bertz CT molecular complexity index is 845. The Morgan fingerprint density at radius 2 is 1.92 bits per heavy atom. The second-order valence-electron chi connectivity index (χ2n) is 6.55. The first kappa shape index (κ1) is 17.0. The largest absolute Gasteiger partial charge is 0.365 e. The number of nitrogens with one attached hydrogen (secondary N) is 1. The number of aromatic nitrogens is 1. The molecule has 0 atom stereocenters. The summed E-state index contributed by atoms with van der Waals surface area (Å²) in [4.78, 5) is 30.2. The highest BCUT2D eigenvalue weighted by Crippen LogP contribution is 2.43. The lowest BCUT2D eigenvalue weighted by Crippen LogP contribution is -2.48. The van der Waals surface area contributed by atoms with Crippen LogP contribution in [-0.2, 0) is 26.5 Å². The highest BCUT2D eigenvalue weighted by molar-refractivity contribution is 6.39. The van der Waals surface area contributed by atoms with Gasteiger partial charge in [-0.05, 0) is 36.1 Å². The van der Waals surface area contributed by atoms with E-state index in [1.165, 1.54) is 17.3 Å². The van der Waals surface area contributed by atoms with Gasteiger partial charge >= 0.3 is 11.8 Å². The van der Waals surface area contributed by atoms with E-state index in [1.807, 2.05) is 12.1 Å². The number of anilines is 1. The van der Waals surface area contributed by atoms with E-state index in [-0.39, 0.29) is 5.60 Å². The Kier molecular flexibility index (Phi) is 4.38. The SMILES string of the molecule is O=C(Nc1ccc(Cl)cn1)C(=O)N1CCC2(CC1)OCc1ccccc12. The van der Waals surface area contributed by atoms with Gasteiger partial charge in [0.15, 0.2) is 0 Å². The summed E-state index contributed by atoms with van der Waals surface area (Å²) >= 11 is 5.77. The molecule has 1 fully saturated rings. The zero-order valence-electron chi connectivity index (χ0n) is 14.1. The van der Waals surface area contributed by atoms with Crippen LogP contribution in [0.5, 0.6) is 0 Å². The Balaban J connectivity index is 1.39. The van der Waals surface area contributed by atoms with Crippen molar-refractivity contribution in [1.82, 2.24) is 9.88 Å². The van der Waals surface area contributed by atoms with Crippen molar-refractivity contribution >= 4 is 29.2 Å². The molecule has 0 radical (unpaired) electrons. The molecule has 7 heteroatoms. The third kappa shape index (κ3) is 3.06. The van der Waals surface area contributed by atoms with Gasteiger partial charge in [0.25, 0.3) is 0 Å². The second kappa shape index (κ2) is 6.70. The second-order valence-corrected chi connectivity index (χ2v) is 6.98. The number of fused-ring (bicyclic) bond motifs is 2. The molecule has 26 heavy (non-hydrogen) atoms. The van der Waals surface area contributed by atoms with Crippen LogP contribution >= 0.6 is 11.6 Å². The number of halogens is 1. The summed E-state index contributed by atoms with van der Waals surface area (Å²) < 4.78 is 6.09. The lowest BCUT2D eigenvalue weighted by atomic mass is 9.84. The predicted octanol–water partition coefficient (Wildman–Crippen LogP) is 2.72. The van der Waals surface area contributed by atoms with E-state index in [0.717, 1.165) is 0 Å². The number of benzene rings is 1. The molecule has 1 N–H and O–H groups in total. The van der Waals surface area contributed by atoms with Gasteiger partial charge in [0.2, 0.25) is 0 Å². The van der Waals surface area contributed by atoms with E-state index in [1.54, 1.807) is 17.0 Å². The third-order valence-corrected chi connectivity index (χ3v) is 5.26. The number of ether oxygens (including phenoxy) is 1. The topological polar surface area (TPSA) is 71.5 Å². The molecule has 2 aliphatic heterocycles. The molecule has 1 saturated heterocycles. The van der Waals surface area contributed by atoms with Crippen LogP contribution in [0.25, 0.3) is 0 Å². The number of nitrogens with zero attached hydrogens (tertiary/aromatic N) is 2. The minimum atomic E-state index is -0.691. The number of likely N-dealkylation sites (tertiary alicyclic amines) is 1. The molecule has 0 aliphatic carbocycles. The molecule has 0 unspecified atom stereocenters. The van der Waals surface area contributed by atoms with Crippen molar-refractivity contribution in [3.05, 3.63) is 58.7 Å². The first-order chi connectivity index (χ1) is 12.6. The molecule has 6 nitrogen and oxygen atoms in total. The lowest BCUT2D eigenvalue weighted by molar-refractivity contribution is -0.147. The smallest absolute Gasteiger partial charge is 0.315 e. The molecule has 134 valence electrons. The average molecular weight is 372 g/mol. The van der Waals surface area contributed by atoms with E-state index in [9.17, 15) is 9.59 Å². The molecule has 1 aromatic heterocycles. The van der Waals surface area contributed by atoms with Crippen molar-refractivity contribution in [2.75, 3.05) is 18.4 Å². The fourth-order valence-corrected chi connectivity index (χ4v) is 3.74. The standard InChI is InChI=1S/C19H18ClN3O3/c20-14-5-6-16(21-11-14)22-17(24)18(25)23-9-7-19(8-10-23)15-4-2-1-3-13(15)12-26-19/h1-6,11H,7-10,12H2,(H,21,22,24).